The summed E-state index contributed by atoms with van der Waals surface area (Å²) in [5.41, 5.74) is 1.55. The molecule has 1 aliphatic rings. The fourth-order valence-corrected chi connectivity index (χ4v) is 3.61. The van der Waals surface area contributed by atoms with E-state index in [9.17, 15) is 30.3 Å². The van der Waals surface area contributed by atoms with Crippen molar-refractivity contribution >= 4 is 5.97 Å². The fourth-order valence-electron chi connectivity index (χ4n) is 3.61. The maximum atomic E-state index is 10.6. The van der Waals surface area contributed by atoms with Gasteiger partial charge in [0, 0.05) is 6.08 Å². The highest BCUT2D eigenvalue weighted by atomic mass is 16.7. The van der Waals surface area contributed by atoms with Crippen LogP contribution in [0, 0.1) is 0 Å². The molecule has 0 spiro atoms. The van der Waals surface area contributed by atoms with Crippen LogP contribution in [0.15, 0.2) is 71.4 Å². The third kappa shape index (κ3) is 12.1. The van der Waals surface area contributed by atoms with Crippen LogP contribution in [0.25, 0.3) is 0 Å². The fraction of sp³-hybridized carbons (Fsp3) is 0.536. The van der Waals surface area contributed by atoms with E-state index < -0.39 is 55.0 Å². The van der Waals surface area contributed by atoms with Crippen LogP contribution in [0.2, 0.25) is 0 Å². The minimum Gasteiger partial charge on any atom is -0.478 e. The van der Waals surface area contributed by atoms with Crippen molar-refractivity contribution in [3.05, 3.63) is 71.4 Å². The van der Waals surface area contributed by atoms with Crippen LogP contribution >= 0.6 is 0 Å². The smallest absolute Gasteiger partial charge is 0.328 e. The number of carboxylic acid groups (broad SMARTS) is 1. The van der Waals surface area contributed by atoms with Gasteiger partial charge in [-0.25, -0.2) is 4.79 Å². The van der Waals surface area contributed by atoms with Gasteiger partial charge in [0.15, 0.2) is 6.29 Å². The summed E-state index contributed by atoms with van der Waals surface area (Å²) in [6.07, 6.45) is 8.25. The molecule has 0 aromatic carbocycles. The second-order valence-corrected chi connectivity index (χ2v) is 9.68. The van der Waals surface area contributed by atoms with Crippen LogP contribution in [-0.4, -0.2) is 85.6 Å². The molecule has 0 bridgehead atoms. The quantitative estimate of drug-likeness (QED) is 0.121. The van der Waals surface area contributed by atoms with Crippen LogP contribution in [0.3, 0.4) is 0 Å². The molecule has 0 saturated carbocycles. The van der Waals surface area contributed by atoms with Crippen molar-refractivity contribution in [1.29, 1.82) is 0 Å². The van der Waals surface area contributed by atoms with Crippen LogP contribution in [-0.2, 0) is 14.3 Å². The van der Waals surface area contributed by atoms with Gasteiger partial charge in [-0.15, -0.1) is 0 Å². The first-order valence-corrected chi connectivity index (χ1v) is 12.2. The summed E-state index contributed by atoms with van der Waals surface area (Å²) >= 11 is 0. The Balaban J connectivity index is 2.95. The summed E-state index contributed by atoms with van der Waals surface area (Å²) < 4.78 is 11.5. The average Bonchev–Trinajstić information content (AvgIpc) is 2.80. The van der Waals surface area contributed by atoms with E-state index in [1.807, 2.05) is 45.9 Å². The van der Waals surface area contributed by atoms with E-state index in [-0.39, 0.29) is 0 Å². The lowest BCUT2D eigenvalue weighted by Crippen LogP contribution is -2.59. The third-order valence-electron chi connectivity index (χ3n) is 5.67. The van der Waals surface area contributed by atoms with Crippen molar-refractivity contribution in [2.45, 2.75) is 89.9 Å². The van der Waals surface area contributed by atoms with Gasteiger partial charge in [-0.2, -0.15) is 0 Å². The molecule has 9 heteroatoms. The van der Waals surface area contributed by atoms with Crippen molar-refractivity contribution in [3.63, 3.8) is 0 Å². The van der Waals surface area contributed by atoms with Crippen molar-refractivity contribution in [3.8, 4) is 0 Å². The predicted molar refractivity (Wildman–Crippen MR) is 140 cm³/mol. The number of allylic oxidation sites excluding steroid dienone is 7. The number of aliphatic hydroxyl groups excluding tert-OH is 4. The number of ether oxygens (including phenoxy) is 2. The van der Waals surface area contributed by atoms with Gasteiger partial charge in [-0.05, 0) is 53.0 Å². The number of carbonyl (C=O) groups is 1. The molecule has 1 saturated heterocycles. The Morgan fingerprint density at radius 1 is 1.03 bits per heavy atom. The maximum absolute atomic E-state index is 10.6. The Kier molecular flexibility index (Phi) is 13.9. The summed E-state index contributed by atoms with van der Waals surface area (Å²) in [5.74, 6) is -1.04. The lowest BCUT2D eigenvalue weighted by molar-refractivity contribution is -0.308. The monoisotopic (exact) mass is 522 g/mol. The molecule has 9 nitrogen and oxygen atoms in total. The van der Waals surface area contributed by atoms with Gasteiger partial charge < -0.3 is 40.1 Å². The van der Waals surface area contributed by atoms with E-state index >= 15 is 0 Å². The van der Waals surface area contributed by atoms with Crippen molar-refractivity contribution in [2.75, 3.05) is 6.61 Å². The average molecular weight is 523 g/mol. The Morgan fingerprint density at radius 3 is 2.30 bits per heavy atom. The molecule has 2 unspecified atom stereocenters. The number of hydrogen-bond donors (Lipinski definition) is 6. The highest BCUT2D eigenvalue weighted by Gasteiger charge is 2.44. The number of aliphatic hydroxyl groups is 5. The number of hydrogen-bond acceptors (Lipinski definition) is 8. The van der Waals surface area contributed by atoms with Crippen LogP contribution in [0.5, 0.6) is 0 Å². The van der Waals surface area contributed by atoms with E-state index in [0.717, 1.165) is 22.8 Å². The number of aliphatic carboxylic acids is 1. The molecule has 1 aliphatic heterocycles. The molecule has 1 fully saturated rings. The first-order chi connectivity index (χ1) is 17.3. The van der Waals surface area contributed by atoms with Crippen LogP contribution in [0.4, 0.5) is 0 Å². The molecule has 1 rings (SSSR count). The zero-order valence-corrected chi connectivity index (χ0v) is 22.2. The molecule has 208 valence electrons. The second kappa shape index (κ2) is 15.8. The summed E-state index contributed by atoms with van der Waals surface area (Å²) in [4.78, 5) is 10.5. The summed E-state index contributed by atoms with van der Waals surface area (Å²) in [5, 5.41) is 59.0. The van der Waals surface area contributed by atoms with Gasteiger partial charge in [-0.3, -0.25) is 0 Å². The first-order valence-electron chi connectivity index (χ1n) is 12.2. The molecule has 0 aromatic rings. The highest BCUT2D eigenvalue weighted by Crippen LogP contribution is 2.26. The van der Waals surface area contributed by atoms with Gasteiger partial charge in [-0.1, -0.05) is 59.8 Å². The van der Waals surface area contributed by atoms with E-state index in [1.54, 1.807) is 31.2 Å². The molecule has 6 N–H and O–H groups in total. The van der Waals surface area contributed by atoms with E-state index in [4.69, 9.17) is 14.6 Å². The minimum absolute atomic E-state index is 0.300. The molecule has 0 radical (unpaired) electrons. The molecule has 0 aliphatic carbocycles. The molecular formula is C28H42O9. The van der Waals surface area contributed by atoms with Gasteiger partial charge in [0.1, 0.15) is 24.4 Å². The van der Waals surface area contributed by atoms with E-state index in [0.29, 0.717) is 12.8 Å². The predicted octanol–water partition coefficient (Wildman–Crippen LogP) is 2.31. The number of rotatable bonds is 13. The topological polar surface area (TPSA) is 157 Å². The second-order valence-electron chi connectivity index (χ2n) is 9.68. The standard InChI is InChI=1S/C28H42O9/c1-18(2)13-14-21(36-27-26(34)25(33)24(32)22(17-29)37-27)20(4)11-9-10-19(3)16-28(5,35)15-8-6-7-12-23(30)31/h6-13,16,21-22,24-27,29,32-35H,14-15,17H2,1-5H3,(H,30,31)/b8-6+,10-9+,12-7+,19-16+,20-11+/t21-,22?,24-,25+,26?,27-,28+/m1/s1. The van der Waals surface area contributed by atoms with Crippen LogP contribution in [0.1, 0.15) is 47.5 Å². The molecule has 0 amide bonds. The molecule has 1 heterocycles. The van der Waals surface area contributed by atoms with Crippen molar-refractivity contribution < 1.29 is 44.9 Å². The van der Waals surface area contributed by atoms with E-state index in [2.05, 4.69) is 0 Å². The summed E-state index contributed by atoms with van der Waals surface area (Å²) in [6, 6.07) is 0. The SMILES string of the molecule is CC(C)=CC[C@@H](O[C@@H]1OC(CO)[C@@H](O)[C@H](O)C1O)/C(C)=C/C=C/C(C)=C/[C@@](C)(O)C/C=C/C=C/C(=O)O. The zero-order chi connectivity index (χ0) is 28.2. The molecule has 37 heavy (non-hydrogen) atoms. The minimum atomic E-state index is -1.52. The maximum Gasteiger partial charge on any atom is 0.328 e. The largest absolute Gasteiger partial charge is 0.478 e. The van der Waals surface area contributed by atoms with Crippen LogP contribution < -0.4 is 0 Å². The third-order valence-corrected chi connectivity index (χ3v) is 5.67. The molecule has 0 aromatic heterocycles. The normalized spacial score (nSPS) is 28.1. The number of carboxylic acids is 1. The molecular weight excluding hydrogens is 480 g/mol. The van der Waals surface area contributed by atoms with Crippen molar-refractivity contribution in [2.24, 2.45) is 0 Å². The Morgan fingerprint density at radius 2 is 1.70 bits per heavy atom. The zero-order valence-electron chi connectivity index (χ0n) is 22.2. The molecule has 7 atom stereocenters. The Hall–Kier alpha value is -2.37. The lowest BCUT2D eigenvalue weighted by atomic mass is 9.98. The summed E-state index contributed by atoms with van der Waals surface area (Å²) in [6.45, 7) is 8.70. The van der Waals surface area contributed by atoms with Gasteiger partial charge in [0.05, 0.1) is 18.3 Å². The van der Waals surface area contributed by atoms with E-state index in [1.165, 1.54) is 6.08 Å². The van der Waals surface area contributed by atoms with Crippen molar-refractivity contribution in [1.82, 2.24) is 0 Å². The Bertz CT molecular complexity index is 905. The highest BCUT2D eigenvalue weighted by molar-refractivity contribution is 5.80. The Labute approximate surface area is 219 Å². The summed E-state index contributed by atoms with van der Waals surface area (Å²) in [7, 11) is 0. The van der Waals surface area contributed by atoms with Gasteiger partial charge in [0.25, 0.3) is 0 Å². The van der Waals surface area contributed by atoms with Gasteiger partial charge >= 0.3 is 5.97 Å². The van der Waals surface area contributed by atoms with Gasteiger partial charge in [0.2, 0.25) is 0 Å². The first kappa shape index (κ1) is 32.7. The lowest BCUT2D eigenvalue weighted by Gasteiger charge is -2.41.